The van der Waals surface area contributed by atoms with E-state index in [-0.39, 0.29) is 24.7 Å². The van der Waals surface area contributed by atoms with Gasteiger partial charge in [-0.2, -0.15) is 0 Å². The number of anilines is 1. The third kappa shape index (κ3) is 5.29. The van der Waals surface area contributed by atoms with Gasteiger partial charge in [-0.25, -0.2) is 4.79 Å². The van der Waals surface area contributed by atoms with Gasteiger partial charge >= 0.3 is 6.16 Å². The van der Waals surface area contributed by atoms with Gasteiger partial charge in [0.1, 0.15) is 11.5 Å². The van der Waals surface area contributed by atoms with E-state index in [1.807, 2.05) is 25.1 Å². The number of benzene rings is 2. The zero-order valence-electron chi connectivity index (χ0n) is 17.9. The predicted molar refractivity (Wildman–Crippen MR) is 119 cm³/mol. The maximum Gasteiger partial charge on any atom is 0.513 e. The molecule has 7 nitrogen and oxygen atoms in total. The highest BCUT2D eigenvalue weighted by Gasteiger charge is 2.26. The molecular formula is C23H27ClN2O5. The molecule has 0 aromatic heterocycles. The van der Waals surface area contributed by atoms with Crippen LogP contribution in [0.2, 0.25) is 5.02 Å². The summed E-state index contributed by atoms with van der Waals surface area (Å²) < 4.78 is 15.2. The highest BCUT2D eigenvalue weighted by atomic mass is 35.5. The number of rotatable bonds is 6. The summed E-state index contributed by atoms with van der Waals surface area (Å²) in [5, 5.41) is 0.336. The lowest BCUT2D eigenvalue weighted by atomic mass is 9.96. The summed E-state index contributed by atoms with van der Waals surface area (Å²) in [5.74, 6) is 0.973. The van der Waals surface area contributed by atoms with Crippen molar-refractivity contribution in [3.05, 3.63) is 52.0 Å². The molecule has 0 radical (unpaired) electrons. The van der Waals surface area contributed by atoms with Crippen LogP contribution in [0.15, 0.2) is 30.3 Å². The second-order valence-electron chi connectivity index (χ2n) is 7.37. The molecule has 1 amide bonds. The highest BCUT2D eigenvalue weighted by Crippen LogP contribution is 2.34. The first kappa shape index (κ1) is 22.9. The van der Waals surface area contributed by atoms with Gasteiger partial charge < -0.3 is 24.8 Å². The van der Waals surface area contributed by atoms with Crippen molar-refractivity contribution >= 4 is 29.4 Å². The molecule has 166 valence electrons. The Morgan fingerprint density at radius 3 is 2.68 bits per heavy atom. The zero-order chi connectivity index (χ0) is 22.5. The maximum atomic E-state index is 13.1. The Hall–Kier alpha value is -2.77. The Balaban J connectivity index is 1.75. The van der Waals surface area contributed by atoms with E-state index in [2.05, 4.69) is 0 Å². The minimum Gasteiger partial charge on any atom is -0.497 e. The summed E-state index contributed by atoms with van der Waals surface area (Å²) in [6.07, 6.45) is 1.07. The molecule has 1 unspecified atom stereocenters. The van der Waals surface area contributed by atoms with Crippen LogP contribution in [0.3, 0.4) is 0 Å². The van der Waals surface area contributed by atoms with Gasteiger partial charge in [0.25, 0.3) is 0 Å². The molecule has 31 heavy (non-hydrogen) atoms. The van der Waals surface area contributed by atoms with Gasteiger partial charge in [-0.05, 0) is 67.6 Å². The Kier molecular flexibility index (Phi) is 7.41. The van der Waals surface area contributed by atoms with Crippen LogP contribution in [-0.4, -0.2) is 32.3 Å². The Morgan fingerprint density at radius 1 is 1.23 bits per heavy atom. The van der Waals surface area contributed by atoms with Crippen LogP contribution in [0.25, 0.3) is 0 Å². The molecule has 0 saturated carbocycles. The van der Waals surface area contributed by atoms with E-state index in [0.29, 0.717) is 17.1 Å². The minimum absolute atomic E-state index is 0.0686. The fourth-order valence-electron chi connectivity index (χ4n) is 3.86. The van der Waals surface area contributed by atoms with E-state index in [1.165, 1.54) is 6.07 Å². The summed E-state index contributed by atoms with van der Waals surface area (Å²) in [6, 6.07) is 8.31. The van der Waals surface area contributed by atoms with Gasteiger partial charge in [0, 0.05) is 35.8 Å². The molecule has 1 atom stereocenters. The Labute approximate surface area is 187 Å². The molecule has 1 heterocycles. The molecule has 2 N–H and O–H groups in total. The SMILES string of the molecule is CCOC(=O)Oc1cc(C)c(C(N)CC(=O)N2CCCc3cc(OC)ccc32)c(Cl)c1. The standard InChI is InChI=1S/C23H27ClN2O5/c1-4-30-23(28)31-17-10-14(2)22(18(24)12-17)19(25)13-21(27)26-9-5-6-15-11-16(29-3)7-8-20(15)26/h7-8,10-12,19H,4-6,9,13,25H2,1-3H3. The third-order valence-electron chi connectivity index (χ3n) is 5.24. The Bertz CT molecular complexity index is 955. The first-order valence-electron chi connectivity index (χ1n) is 10.2. The van der Waals surface area contributed by atoms with E-state index < -0.39 is 12.2 Å². The van der Waals surface area contributed by atoms with Crippen LogP contribution in [0.1, 0.15) is 42.5 Å². The highest BCUT2D eigenvalue weighted by molar-refractivity contribution is 6.31. The molecule has 0 fully saturated rings. The van der Waals surface area contributed by atoms with Crippen LogP contribution < -0.4 is 20.1 Å². The molecular weight excluding hydrogens is 420 g/mol. The Morgan fingerprint density at radius 2 is 2.00 bits per heavy atom. The topological polar surface area (TPSA) is 91.1 Å². The third-order valence-corrected chi connectivity index (χ3v) is 5.56. The monoisotopic (exact) mass is 446 g/mol. The number of amides is 1. The first-order chi connectivity index (χ1) is 14.8. The van der Waals surface area contributed by atoms with E-state index in [9.17, 15) is 9.59 Å². The van der Waals surface area contributed by atoms with Crippen LogP contribution in [-0.2, 0) is 16.0 Å². The number of fused-ring (bicyclic) bond motifs is 1. The molecule has 0 aliphatic carbocycles. The van der Waals surface area contributed by atoms with Crippen molar-refractivity contribution in [2.24, 2.45) is 5.73 Å². The lowest BCUT2D eigenvalue weighted by Gasteiger charge is -2.31. The molecule has 0 spiro atoms. The minimum atomic E-state index is -0.800. The number of aryl methyl sites for hydroxylation is 2. The van der Waals surface area contributed by atoms with Crippen molar-refractivity contribution < 1.29 is 23.8 Å². The van der Waals surface area contributed by atoms with Crippen LogP contribution in [0.5, 0.6) is 11.5 Å². The largest absolute Gasteiger partial charge is 0.513 e. The van der Waals surface area contributed by atoms with Gasteiger partial charge in [0.05, 0.1) is 13.7 Å². The molecule has 2 aromatic rings. The van der Waals surface area contributed by atoms with E-state index >= 15 is 0 Å². The zero-order valence-corrected chi connectivity index (χ0v) is 18.7. The van der Waals surface area contributed by atoms with Crippen LogP contribution in [0.4, 0.5) is 10.5 Å². The number of carbonyl (C=O) groups is 2. The number of hydrogen-bond donors (Lipinski definition) is 1. The lowest BCUT2D eigenvalue weighted by Crippen LogP contribution is -2.37. The average molecular weight is 447 g/mol. The fourth-order valence-corrected chi connectivity index (χ4v) is 4.25. The van der Waals surface area contributed by atoms with Crippen molar-refractivity contribution in [1.29, 1.82) is 0 Å². The molecule has 3 rings (SSSR count). The summed E-state index contributed by atoms with van der Waals surface area (Å²) in [4.78, 5) is 26.4. The summed E-state index contributed by atoms with van der Waals surface area (Å²) in [7, 11) is 1.63. The van der Waals surface area contributed by atoms with Gasteiger partial charge in [-0.1, -0.05) is 11.6 Å². The smallest absolute Gasteiger partial charge is 0.497 e. The summed E-state index contributed by atoms with van der Waals surface area (Å²) >= 11 is 6.42. The van der Waals surface area contributed by atoms with Gasteiger partial charge in [0.15, 0.2) is 0 Å². The van der Waals surface area contributed by atoms with Crippen LogP contribution in [0, 0.1) is 6.92 Å². The van der Waals surface area contributed by atoms with Gasteiger partial charge in [-0.3, -0.25) is 4.79 Å². The van der Waals surface area contributed by atoms with Crippen molar-refractivity contribution in [1.82, 2.24) is 0 Å². The van der Waals surface area contributed by atoms with Crippen LogP contribution >= 0.6 is 11.6 Å². The van der Waals surface area contributed by atoms with Crippen molar-refractivity contribution in [2.75, 3.05) is 25.2 Å². The normalized spacial score (nSPS) is 13.9. The predicted octanol–water partition coefficient (Wildman–Crippen LogP) is 4.56. The number of halogens is 1. The number of methoxy groups -OCH3 is 1. The fraction of sp³-hybridized carbons (Fsp3) is 0.391. The molecule has 8 heteroatoms. The second kappa shape index (κ2) is 10.0. The molecule has 0 saturated heterocycles. The van der Waals surface area contributed by atoms with E-state index in [0.717, 1.165) is 35.4 Å². The van der Waals surface area contributed by atoms with Gasteiger partial charge in [-0.15, -0.1) is 0 Å². The van der Waals surface area contributed by atoms with Crippen molar-refractivity contribution in [2.45, 2.75) is 39.2 Å². The lowest BCUT2D eigenvalue weighted by molar-refractivity contribution is -0.119. The summed E-state index contributed by atoms with van der Waals surface area (Å²) in [6.45, 7) is 4.36. The summed E-state index contributed by atoms with van der Waals surface area (Å²) in [5.41, 5.74) is 9.75. The number of nitrogens with two attached hydrogens (primary N) is 1. The number of nitrogens with zero attached hydrogens (tertiary/aromatic N) is 1. The quantitative estimate of drug-likeness (QED) is 0.516. The number of ether oxygens (including phenoxy) is 3. The van der Waals surface area contributed by atoms with Crippen molar-refractivity contribution in [3.63, 3.8) is 0 Å². The number of carbonyl (C=O) groups excluding carboxylic acids is 2. The molecule has 1 aliphatic rings. The molecule has 2 aromatic carbocycles. The number of hydrogen-bond acceptors (Lipinski definition) is 6. The van der Waals surface area contributed by atoms with E-state index in [4.69, 9.17) is 31.5 Å². The van der Waals surface area contributed by atoms with Crippen molar-refractivity contribution in [3.8, 4) is 11.5 Å². The average Bonchev–Trinajstić information content (AvgIpc) is 2.72. The first-order valence-corrected chi connectivity index (χ1v) is 10.6. The molecule has 1 aliphatic heterocycles. The second-order valence-corrected chi connectivity index (χ2v) is 7.78. The van der Waals surface area contributed by atoms with Gasteiger partial charge in [0.2, 0.25) is 5.91 Å². The molecule has 0 bridgehead atoms. The van der Waals surface area contributed by atoms with E-state index in [1.54, 1.807) is 25.0 Å². The maximum absolute atomic E-state index is 13.1.